The van der Waals surface area contributed by atoms with Gasteiger partial charge in [0.2, 0.25) is 5.91 Å². The zero-order valence-corrected chi connectivity index (χ0v) is 11.2. The molecule has 2 aliphatic heterocycles. The molecule has 1 spiro atoms. The van der Waals surface area contributed by atoms with E-state index in [1.165, 1.54) is 0 Å². The van der Waals surface area contributed by atoms with Gasteiger partial charge >= 0.3 is 0 Å². The number of ether oxygens (including phenoxy) is 1. The van der Waals surface area contributed by atoms with Gasteiger partial charge in [0.15, 0.2) is 0 Å². The van der Waals surface area contributed by atoms with Gasteiger partial charge in [0.05, 0.1) is 10.9 Å². The van der Waals surface area contributed by atoms with Crippen LogP contribution in [0.4, 0.5) is 0 Å². The molecule has 3 nitrogen and oxygen atoms in total. The minimum absolute atomic E-state index is 0.131. The van der Waals surface area contributed by atoms with E-state index in [2.05, 4.69) is 0 Å². The van der Waals surface area contributed by atoms with Crippen molar-refractivity contribution in [1.82, 2.24) is 4.90 Å². The summed E-state index contributed by atoms with van der Waals surface area (Å²) >= 11 is 1.99. The molecular formula is C12H21NO2S. The van der Waals surface area contributed by atoms with E-state index in [9.17, 15) is 4.79 Å². The second-order valence-electron chi connectivity index (χ2n) is 5.12. The number of nitrogens with zero attached hydrogens (tertiary/aromatic N) is 1. The molecular weight excluding hydrogens is 222 g/mol. The fraction of sp³-hybridized carbons (Fsp3) is 0.917. The van der Waals surface area contributed by atoms with Crippen LogP contribution in [0.5, 0.6) is 0 Å². The van der Waals surface area contributed by atoms with Crippen LogP contribution in [0.3, 0.4) is 0 Å². The molecule has 0 bridgehead atoms. The lowest BCUT2D eigenvalue weighted by Crippen LogP contribution is -2.61. The third kappa shape index (κ3) is 2.23. The minimum atomic E-state index is 0.131. The maximum Gasteiger partial charge on any atom is 0.225 e. The first-order valence-electron chi connectivity index (χ1n) is 6.11. The topological polar surface area (TPSA) is 29.5 Å². The van der Waals surface area contributed by atoms with Crippen LogP contribution in [0.1, 0.15) is 27.2 Å². The van der Waals surface area contributed by atoms with E-state index in [1.807, 2.05) is 37.4 Å². The highest BCUT2D eigenvalue weighted by molar-refractivity contribution is 8.01. The Kier molecular flexibility index (Phi) is 3.50. The van der Waals surface area contributed by atoms with E-state index in [0.717, 1.165) is 31.9 Å². The lowest BCUT2D eigenvalue weighted by molar-refractivity contribution is -0.140. The van der Waals surface area contributed by atoms with Crippen LogP contribution in [0.15, 0.2) is 0 Å². The highest BCUT2D eigenvalue weighted by Gasteiger charge is 2.50. The number of likely N-dealkylation sites (tertiary alicyclic amines) is 1. The quantitative estimate of drug-likeness (QED) is 0.756. The smallest absolute Gasteiger partial charge is 0.225 e. The molecule has 2 aliphatic rings. The Labute approximate surface area is 102 Å². The number of hydrogen-bond donors (Lipinski definition) is 0. The number of thioether (sulfide) groups is 1. The van der Waals surface area contributed by atoms with E-state index in [4.69, 9.17) is 4.74 Å². The average molecular weight is 243 g/mol. The van der Waals surface area contributed by atoms with Crippen molar-refractivity contribution in [3.8, 4) is 0 Å². The normalized spacial score (nSPS) is 27.5. The molecule has 0 saturated carbocycles. The summed E-state index contributed by atoms with van der Waals surface area (Å²) in [4.78, 5) is 13.7. The summed E-state index contributed by atoms with van der Waals surface area (Å²) in [5.74, 6) is 1.52. The average Bonchev–Trinajstić information content (AvgIpc) is 2.59. The number of hydrogen-bond acceptors (Lipinski definition) is 3. The SMILES string of the molecule is CCO[C@H]1CSC2(C1)CN(C(=O)C(C)C)C2. The van der Waals surface area contributed by atoms with Gasteiger partial charge in [-0.15, -0.1) is 11.8 Å². The Bertz CT molecular complexity index is 274. The highest BCUT2D eigenvalue weighted by Crippen LogP contribution is 2.46. The van der Waals surface area contributed by atoms with Gasteiger partial charge in [-0.2, -0.15) is 0 Å². The Balaban J connectivity index is 1.81. The molecule has 0 radical (unpaired) electrons. The molecule has 1 atom stereocenters. The summed E-state index contributed by atoms with van der Waals surface area (Å²) in [6.45, 7) is 8.65. The van der Waals surface area contributed by atoms with E-state index in [1.54, 1.807) is 0 Å². The van der Waals surface area contributed by atoms with Gasteiger partial charge in [-0.25, -0.2) is 0 Å². The van der Waals surface area contributed by atoms with Gasteiger partial charge in [0, 0.05) is 31.4 Å². The zero-order chi connectivity index (χ0) is 11.8. The Morgan fingerprint density at radius 2 is 2.25 bits per heavy atom. The zero-order valence-electron chi connectivity index (χ0n) is 10.4. The summed E-state index contributed by atoms with van der Waals surface area (Å²) in [6, 6.07) is 0. The molecule has 4 heteroatoms. The molecule has 2 rings (SSSR count). The summed E-state index contributed by atoms with van der Waals surface area (Å²) < 4.78 is 5.98. The monoisotopic (exact) mass is 243 g/mol. The van der Waals surface area contributed by atoms with Crippen LogP contribution in [0.2, 0.25) is 0 Å². The number of carbonyl (C=O) groups excluding carboxylic acids is 1. The van der Waals surface area contributed by atoms with Gasteiger partial charge < -0.3 is 9.64 Å². The van der Waals surface area contributed by atoms with Crippen LogP contribution in [-0.4, -0.2) is 47.1 Å². The molecule has 0 aromatic rings. The van der Waals surface area contributed by atoms with Gasteiger partial charge in [-0.3, -0.25) is 4.79 Å². The minimum Gasteiger partial charge on any atom is -0.378 e. The third-order valence-electron chi connectivity index (χ3n) is 3.34. The molecule has 92 valence electrons. The predicted molar refractivity (Wildman–Crippen MR) is 66.6 cm³/mol. The van der Waals surface area contributed by atoms with Crippen molar-refractivity contribution in [3.05, 3.63) is 0 Å². The van der Waals surface area contributed by atoms with Crippen LogP contribution in [0, 0.1) is 5.92 Å². The van der Waals surface area contributed by atoms with Crippen molar-refractivity contribution in [2.45, 2.75) is 38.0 Å². The molecule has 0 unspecified atom stereocenters. The second kappa shape index (κ2) is 4.57. The van der Waals surface area contributed by atoms with Gasteiger partial charge in [0.25, 0.3) is 0 Å². The van der Waals surface area contributed by atoms with E-state index in [-0.39, 0.29) is 5.92 Å². The van der Waals surface area contributed by atoms with Crippen LogP contribution in [-0.2, 0) is 9.53 Å². The molecule has 0 N–H and O–H groups in total. The first kappa shape index (κ1) is 12.2. The summed E-state index contributed by atoms with van der Waals surface area (Å²) in [5, 5.41) is 0. The predicted octanol–water partition coefficient (Wildman–Crippen LogP) is 1.77. The van der Waals surface area contributed by atoms with Gasteiger partial charge in [0.1, 0.15) is 0 Å². The summed E-state index contributed by atoms with van der Waals surface area (Å²) in [5.41, 5.74) is 0. The Morgan fingerprint density at radius 3 is 2.81 bits per heavy atom. The van der Waals surface area contributed by atoms with E-state index >= 15 is 0 Å². The highest BCUT2D eigenvalue weighted by atomic mass is 32.2. The van der Waals surface area contributed by atoms with E-state index < -0.39 is 0 Å². The van der Waals surface area contributed by atoms with E-state index in [0.29, 0.717) is 16.8 Å². The van der Waals surface area contributed by atoms with Crippen LogP contribution in [0.25, 0.3) is 0 Å². The first-order chi connectivity index (χ1) is 7.56. The standard InChI is InChI=1S/C12H21NO2S/c1-4-15-10-5-12(16-6-10)7-13(8-12)11(14)9(2)3/h9-10H,4-8H2,1-3H3/t10-/m1/s1. The Morgan fingerprint density at radius 1 is 1.56 bits per heavy atom. The lowest BCUT2D eigenvalue weighted by atomic mass is 9.92. The number of amides is 1. The van der Waals surface area contributed by atoms with Crippen molar-refractivity contribution in [2.75, 3.05) is 25.4 Å². The van der Waals surface area contributed by atoms with Crippen molar-refractivity contribution in [1.29, 1.82) is 0 Å². The van der Waals surface area contributed by atoms with Crippen molar-refractivity contribution in [2.24, 2.45) is 5.92 Å². The Hall–Kier alpha value is -0.220. The van der Waals surface area contributed by atoms with Gasteiger partial charge in [-0.1, -0.05) is 13.8 Å². The van der Waals surface area contributed by atoms with Gasteiger partial charge in [-0.05, 0) is 13.3 Å². The second-order valence-corrected chi connectivity index (χ2v) is 6.61. The third-order valence-corrected chi connectivity index (χ3v) is 4.92. The molecule has 0 aromatic carbocycles. The van der Waals surface area contributed by atoms with Crippen molar-refractivity contribution in [3.63, 3.8) is 0 Å². The summed E-state index contributed by atoms with van der Waals surface area (Å²) in [6.07, 6.45) is 1.53. The maximum atomic E-state index is 11.8. The molecule has 1 amide bonds. The molecule has 16 heavy (non-hydrogen) atoms. The molecule has 2 saturated heterocycles. The fourth-order valence-corrected chi connectivity index (χ4v) is 4.09. The number of rotatable bonds is 3. The molecule has 0 aromatic heterocycles. The molecule has 0 aliphatic carbocycles. The molecule has 2 fully saturated rings. The maximum absolute atomic E-state index is 11.8. The first-order valence-corrected chi connectivity index (χ1v) is 7.09. The van der Waals surface area contributed by atoms with Crippen LogP contribution >= 0.6 is 11.8 Å². The molecule has 2 heterocycles. The van der Waals surface area contributed by atoms with Crippen LogP contribution < -0.4 is 0 Å². The number of carbonyl (C=O) groups is 1. The lowest BCUT2D eigenvalue weighted by Gasteiger charge is -2.48. The van der Waals surface area contributed by atoms with Crippen molar-refractivity contribution >= 4 is 17.7 Å². The van der Waals surface area contributed by atoms with Crippen molar-refractivity contribution < 1.29 is 9.53 Å². The summed E-state index contributed by atoms with van der Waals surface area (Å²) in [7, 11) is 0. The fourth-order valence-electron chi connectivity index (χ4n) is 2.54. The largest absolute Gasteiger partial charge is 0.378 e.